The zero-order valence-electron chi connectivity index (χ0n) is 16.0. The van der Waals surface area contributed by atoms with Crippen LogP contribution in [-0.4, -0.2) is 30.6 Å². The largest absolute Gasteiger partial charge is 0.497 e. The first kappa shape index (κ1) is 18.5. The average molecular weight is 382 g/mol. The summed E-state index contributed by atoms with van der Waals surface area (Å²) in [7, 11) is 3.36. The minimum Gasteiger partial charge on any atom is -0.497 e. The highest BCUT2D eigenvalue weighted by atomic mass is 19.1. The van der Waals surface area contributed by atoms with Gasteiger partial charge in [-0.1, -0.05) is 6.07 Å². The quantitative estimate of drug-likeness (QED) is 0.611. The third kappa shape index (κ3) is 3.73. The third-order valence-electron chi connectivity index (χ3n) is 5.15. The molecule has 0 radical (unpaired) electrons. The van der Waals surface area contributed by atoms with Gasteiger partial charge >= 0.3 is 0 Å². The minimum atomic E-state index is -0.304. The van der Waals surface area contributed by atoms with Gasteiger partial charge in [-0.2, -0.15) is 0 Å². The van der Waals surface area contributed by atoms with Crippen molar-refractivity contribution in [1.82, 2.24) is 9.88 Å². The normalized spacial score (nSPS) is 17.0. The Labute approximate surface area is 163 Å². The number of benzene rings is 2. The lowest BCUT2D eigenvalue weighted by Crippen LogP contribution is -2.23. The van der Waals surface area contributed by atoms with E-state index in [1.54, 1.807) is 32.6 Å². The van der Waals surface area contributed by atoms with Gasteiger partial charge in [-0.3, -0.25) is 4.90 Å². The topological polar surface area (TPSA) is 47.7 Å². The predicted octanol–water partition coefficient (Wildman–Crippen LogP) is 4.84. The second kappa shape index (κ2) is 8.02. The summed E-state index contributed by atoms with van der Waals surface area (Å²) >= 11 is 0. The monoisotopic (exact) mass is 382 g/mol. The van der Waals surface area contributed by atoms with Crippen LogP contribution >= 0.6 is 0 Å². The molecule has 4 rings (SSSR count). The number of hydrogen-bond donors (Lipinski definition) is 0. The maximum Gasteiger partial charge on any atom is 0.226 e. The van der Waals surface area contributed by atoms with Gasteiger partial charge in [0, 0.05) is 23.7 Å². The van der Waals surface area contributed by atoms with Crippen LogP contribution in [0.25, 0.3) is 11.5 Å². The zero-order chi connectivity index (χ0) is 19.5. The molecule has 6 heteroatoms. The number of aromatic nitrogens is 1. The van der Waals surface area contributed by atoms with Crippen LogP contribution in [0.2, 0.25) is 0 Å². The summed E-state index contributed by atoms with van der Waals surface area (Å²) in [4.78, 5) is 6.92. The van der Waals surface area contributed by atoms with E-state index in [0.717, 1.165) is 42.1 Å². The molecule has 0 unspecified atom stereocenters. The van der Waals surface area contributed by atoms with Gasteiger partial charge < -0.3 is 13.9 Å². The van der Waals surface area contributed by atoms with Crippen molar-refractivity contribution in [3.05, 3.63) is 65.8 Å². The Kier molecular flexibility index (Phi) is 5.30. The number of methoxy groups -OCH3 is 2. The second-order valence-electron chi connectivity index (χ2n) is 6.89. The van der Waals surface area contributed by atoms with Crippen LogP contribution < -0.4 is 9.47 Å². The van der Waals surface area contributed by atoms with Crippen molar-refractivity contribution in [2.24, 2.45) is 0 Å². The van der Waals surface area contributed by atoms with E-state index in [1.807, 2.05) is 18.2 Å². The average Bonchev–Trinajstić information content (AvgIpc) is 3.37. The fraction of sp³-hybridized carbons (Fsp3) is 0.318. The van der Waals surface area contributed by atoms with Crippen LogP contribution in [0, 0.1) is 5.82 Å². The van der Waals surface area contributed by atoms with Gasteiger partial charge in [0.05, 0.1) is 19.9 Å². The van der Waals surface area contributed by atoms with E-state index in [1.165, 1.54) is 12.1 Å². The predicted molar refractivity (Wildman–Crippen MR) is 104 cm³/mol. The van der Waals surface area contributed by atoms with Gasteiger partial charge in [0.15, 0.2) is 0 Å². The smallest absolute Gasteiger partial charge is 0.226 e. The molecule has 146 valence electrons. The van der Waals surface area contributed by atoms with Gasteiger partial charge in [-0.15, -0.1) is 0 Å². The van der Waals surface area contributed by atoms with E-state index in [0.29, 0.717) is 18.0 Å². The molecule has 0 N–H and O–H groups in total. The molecule has 0 bridgehead atoms. The van der Waals surface area contributed by atoms with Gasteiger partial charge in [0.1, 0.15) is 23.6 Å². The lowest BCUT2D eigenvalue weighted by atomic mass is 10.0. The Morgan fingerprint density at radius 3 is 2.86 bits per heavy atom. The summed E-state index contributed by atoms with van der Waals surface area (Å²) in [5.41, 5.74) is 2.58. The fourth-order valence-corrected chi connectivity index (χ4v) is 3.81. The lowest BCUT2D eigenvalue weighted by Gasteiger charge is -2.25. The van der Waals surface area contributed by atoms with Crippen LogP contribution in [0.5, 0.6) is 11.5 Å². The summed E-state index contributed by atoms with van der Waals surface area (Å²) in [5.74, 6) is 1.81. The first-order chi connectivity index (χ1) is 13.7. The highest BCUT2D eigenvalue weighted by molar-refractivity contribution is 5.53. The Hall–Kier alpha value is -2.86. The van der Waals surface area contributed by atoms with Crippen molar-refractivity contribution in [3.8, 4) is 23.0 Å². The molecule has 28 heavy (non-hydrogen) atoms. The standard InChI is InChI=1S/C22H23FN2O3/c1-26-18-8-9-21(27-2)19(12-18)20-7-4-10-25(20)13-17-14-28-22(24-17)15-5-3-6-16(23)11-15/h3,5-6,8-9,11-12,14,20H,4,7,10,13H2,1-2H3/t20-/m0/s1. The van der Waals surface area contributed by atoms with Crippen molar-refractivity contribution >= 4 is 0 Å². The molecule has 1 aliphatic heterocycles. The van der Waals surface area contributed by atoms with Crippen LogP contribution in [0.4, 0.5) is 4.39 Å². The van der Waals surface area contributed by atoms with Gasteiger partial charge in [0.25, 0.3) is 0 Å². The molecule has 1 saturated heterocycles. The summed E-state index contributed by atoms with van der Waals surface area (Å²) in [6.45, 7) is 1.62. The van der Waals surface area contributed by atoms with Gasteiger partial charge in [-0.05, 0) is 55.8 Å². The first-order valence-corrected chi connectivity index (χ1v) is 9.34. The maximum absolute atomic E-state index is 13.5. The Morgan fingerprint density at radius 1 is 1.18 bits per heavy atom. The van der Waals surface area contributed by atoms with E-state index >= 15 is 0 Å². The molecular formula is C22H23FN2O3. The van der Waals surface area contributed by atoms with Crippen molar-refractivity contribution in [3.63, 3.8) is 0 Å². The molecule has 2 aromatic carbocycles. The molecule has 2 heterocycles. The van der Waals surface area contributed by atoms with E-state index in [-0.39, 0.29) is 11.9 Å². The highest BCUT2D eigenvalue weighted by Crippen LogP contribution is 2.39. The van der Waals surface area contributed by atoms with E-state index in [4.69, 9.17) is 13.9 Å². The van der Waals surface area contributed by atoms with Crippen molar-refractivity contribution < 1.29 is 18.3 Å². The van der Waals surface area contributed by atoms with Crippen molar-refractivity contribution in [2.75, 3.05) is 20.8 Å². The Morgan fingerprint density at radius 2 is 2.07 bits per heavy atom. The first-order valence-electron chi connectivity index (χ1n) is 9.34. The number of hydrogen-bond acceptors (Lipinski definition) is 5. The molecule has 1 aliphatic rings. The summed E-state index contributed by atoms with van der Waals surface area (Å²) in [6, 6.07) is 12.4. The summed E-state index contributed by atoms with van der Waals surface area (Å²) < 4.78 is 30.0. The zero-order valence-corrected chi connectivity index (χ0v) is 16.0. The molecule has 0 amide bonds. The SMILES string of the molecule is COc1ccc(OC)c([C@@H]2CCCN2Cc2coc(-c3cccc(F)c3)n2)c1. The van der Waals surface area contributed by atoms with Crippen molar-refractivity contribution in [1.29, 1.82) is 0 Å². The molecule has 1 aromatic heterocycles. The molecule has 3 aromatic rings. The molecular weight excluding hydrogens is 359 g/mol. The molecule has 0 saturated carbocycles. The molecule has 5 nitrogen and oxygen atoms in total. The van der Waals surface area contributed by atoms with E-state index in [2.05, 4.69) is 9.88 Å². The molecule has 0 aliphatic carbocycles. The Bertz CT molecular complexity index is 956. The number of nitrogens with zero attached hydrogens (tertiary/aromatic N) is 2. The Balaban J connectivity index is 1.55. The third-order valence-corrected chi connectivity index (χ3v) is 5.15. The van der Waals surface area contributed by atoms with Gasteiger partial charge in [-0.25, -0.2) is 9.37 Å². The molecule has 1 fully saturated rings. The number of rotatable bonds is 6. The number of ether oxygens (including phenoxy) is 2. The molecule has 0 spiro atoms. The minimum absolute atomic E-state index is 0.222. The highest BCUT2D eigenvalue weighted by Gasteiger charge is 2.29. The van der Waals surface area contributed by atoms with Crippen LogP contribution in [0.15, 0.2) is 53.1 Å². The fourth-order valence-electron chi connectivity index (χ4n) is 3.81. The summed E-state index contributed by atoms with van der Waals surface area (Å²) in [5, 5.41) is 0. The number of oxazole rings is 1. The lowest BCUT2D eigenvalue weighted by molar-refractivity contribution is 0.239. The van der Waals surface area contributed by atoms with Crippen LogP contribution in [0.1, 0.15) is 30.1 Å². The van der Waals surface area contributed by atoms with Crippen molar-refractivity contribution in [2.45, 2.75) is 25.4 Å². The van der Waals surface area contributed by atoms with Crippen LogP contribution in [0.3, 0.4) is 0 Å². The number of likely N-dealkylation sites (tertiary alicyclic amines) is 1. The van der Waals surface area contributed by atoms with Crippen LogP contribution in [-0.2, 0) is 6.54 Å². The second-order valence-corrected chi connectivity index (χ2v) is 6.89. The molecule has 1 atom stereocenters. The maximum atomic E-state index is 13.5. The number of halogens is 1. The van der Waals surface area contributed by atoms with E-state index in [9.17, 15) is 4.39 Å². The van der Waals surface area contributed by atoms with E-state index < -0.39 is 0 Å². The van der Waals surface area contributed by atoms with Gasteiger partial charge in [0.2, 0.25) is 5.89 Å². The summed E-state index contributed by atoms with van der Waals surface area (Å²) in [6.07, 6.45) is 3.79.